The van der Waals surface area contributed by atoms with Crippen LogP contribution >= 0.6 is 0 Å². The van der Waals surface area contributed by atoms with Gasteiger partial charge in [-0.25, -0.2) is 4.79 Å². The van der Waals surface area contributed by atoms with Gasteiger partial charge in [-0.3, -0.25) is 0 Å². The van der Waals surface area contributed by atoms with Crippen molar-refractivity contribution in [2.75, 3.05) is 13.4 Å². The summed E-state index contributed by atoms with van der Waals surface area (Å²) in [5, 5.41) is 0. The minimum absolute atomic E-state index is 0.0181. The SMILES string of the molecule is CCOCOC(=O)c1ccccc1. The van der Waals surface area contributed by atoms with Gasteiger partial charge in [0.05, 0.1) is 5.56 Å². The molecule has 0 aliphatic heterocycles. The zero-order valence-corrected chi connectivity index (χ0v) is 7.53. The van der Waals surface area contributed by atoms with Gasteiger partial charge in [-0.1, -0.05) is 18.2 Å². The summed E-state index contributed by atoms with van der Waals surface area (Å²) in [7, 11) is 0. The molecule has 0 spiro atoms. The van der Waals surface area contributed by atoms with Crippen LogP contribution in [0.5, 0.6) is 0 Å². The molecule has 1 rings (SSSR count). The number of ether oxygens (including phenoxy) is 2. The van der Waals surface area contributed by atoms with E-state index in [2.05, 4.69) is 0 Å². The van der Waals surface area contributed by atoms with E-state index in [1.807, 2.05) is 13.0 Å². The molecular weight excluding hydrogens is 168 g/mol. The summed E-state index contributed by atoms with van der Waals surface area (Å²) in [6.07, 6.45) is 0. The molecule has 0 N–H and O–H groups in total. The van der Waals surface area contributed by atoms with Crippen molar-refractivity contribution >= 4 is 5.97 Å². The Morgan fingerprint density at radius 1 is 1.31 bits per heavy atom. The first-order valence-electron chi connectivity index (χ1n) is 4.14. The zero-order chi connectivity index (χ0) is 9.52. The highest BCUT2D eigenvalue weighted by atomic mass is 16.7. The Hall–Kier alpha value is -1.35. The molecule has 3 heteroatoms. The van der Waals surface area contributed by atoms with Crippen LogP contribution in [-0.4, -0.2) is 19.4 Å². The second-order valence-electron chi connectivity index (χ2n) is 2.41. The van der Waals surface area contributed by atoms with Crippen molar-refractivity contribution in [1.29, 1.82) is 0 Å². The Kier molecular flexibility index (Phi) is 3.99. The van der Waals surface area contributed by atoms with E-state index in [-0.39, 0.29) is 12.8 Å². The fourth-order valence-corrected chi connectivity index (χ4v) is 0.836. The fourth-order valence-electron chi connectivity index (χ4n) is 0.836. The van der Waals surface area contributed by atoms with Gasteiger partial charge < -0.3 is 9.47 Å². The highest BCUT2D eigenvalue weighted by molar-refractivity contribution is 5.89. The van der Waals surface area contributed by atoms with Crippen LogP contribution in [0.1, 0.15) is 17.3 Å². The Labute approximate surface area is 77.3 Å². The van der Waals surface area contributed by atoms with Gasteiger partial charge in [-0.2, -0.15) is 0 Å². The van der Waals surface area contributed by atoms with Crippen LogP contribution < -0.4 is 0 Å². The van der Waals surface area contributed by atoms with E-state index < -0.39 is 0 Å². The van der Waals surface area contributed by atoms with Crippen LogP contribution in [0.2, 0.25) is 0 Å². The molecule has 0 radical (unpaired) electrons. The predicted molar refractivity (Wildman–Crippen MR) is 48.4 cm³/mol. The van der Waals surface area contributed by atoms with Crippen LogP contribution in [0.4, 0.5) is 0 Å². The minimum Gasteiger partial charge on any atom is -0.435 e. The van der Waals surface area contributed by atoms with E-state index in [4.69, 9.17) is 9.47 Å². The van der Waals surface area contributed by atoms with Crippen molar-refractivity contribution < 1.29 is 14.3 Å². The van der Waals surface area contributed by atoms with Crippen LogP contribution in [0.3, 0.4) is 0 Å². The average Bonchev–Trinajstić information content (AvgIpc) is 2.19. The first-order valence-corrected chi connectivity index (χ1v) is 4.14. The molecule has 1 aromatic carbocycles. The van der Waals surface area contributed by atoms with Gasteiger partial charge in [-0.05, 0) is 19.1 Å². The van der Waals surface area contributed by atoms with Gasteiger partial charge in [-0.15, -0.1) is 0 Å². The third-order valence-corrected chi connectivity index (χ3v) is 1.49. The lowest BCUT2D eigenvalue weighted by Gasteiger charge is -2.03. The van der Waals surface area contributed by atoms with Gasteiger partial charge in [0.2, 0.25) is 0 Å². The quantitative estimate of drug-likeness (QED) is 0.403. The minimum atomic E-state index is -0.353. The summed E-state index contributed by atoms with van der Waals surface area (Å²) < 4.78 is 9.69. The van der Waals surface area contributed by atoms with Gasteiger partial charge in [0.25, 0.3) is 0 Å². The highest BCUT2D eigenvalue weighted by Crippen LogP contribution is 2.00. The van der Waals surface area contributed by atoms with E-state index >= 15 is 0 Å². The maximum atomic E-state index is 11.2. The molecule has 0 saturated heterocycles. The second-order valence-corrected chi connectivity index (χ2v) is 2.41. The molecule has 0 amide bonds. The smallest absolute Gasteiger partial charge is 0.340 e. The number of carbonyl (C=O) groups excluding carboxylic acids is 1. The number of hydrogen-bond acceptors (Lipinski definition) is 3. The Morgan fingerprint density at radius 3 is 2.62 bits per heavy atom. The monoisotopic (exact) mass is 180 g/mol. The number of hydrogen-bond donors (Lipinski definition) is 0. The van der Waals surface area contributed by atoms with Crippen molar-refractivity contribution in [3.8, 4) is 0 Å². The summed E-state index contributed by atoms with van der Waals surface area (Å²) in [5.41, 5.74) is 0.544. The molecule has 0 saturated carbocycles. The summed E-state index contributed by atoms with van der Waals surface area (Å²) in [4.78, 5) is 11.2. The highest BCUT2D eigenvalue weighted by Gasteiger charge is 2.04. The van der Waals surface area contributed by atoms with Crippen molar-refractivity contribution in [2.45, 2.75) is 6.92 Å². The van der Waals surface area contributed by atoms with Gasteiger partial charge >= 0.3 is 5.97 Å². The fraction of sp³-hybridized carbons (Fsp3) is 0.300. The van der Waals surface area contributed by atoms with E-state index in [1.54, 1.807) is 24.3 Å². The van der Waals surface area contributed by atoms with E-state index in [9.17, 15) is 4.79 Å². The Bertz CT molecular complexity index is 256. The molecule has 0 heterocycles. The maximum Gasteiger partial charge on any atom is 0.340 e. The lowest BCUT2D eigenvalue weighted by Crippen LogP contribution is -2.08. The Balaban J connectivity index is 2.40. The molecule has 0 aliphatic carbocycles. The Morgan fingerprint density at radius 2 is 2.00 bits per heavy atom. The summed E-state index contributed by atoms with van der Waals surface area (Å²) in [6, 6.07) is 8.83. The molecule has 70 valence electrons. The first-order chi connectivity index (χ1) is 6.34. The van der Waals surface area contributed by atoms with Crippen molar-refractivity contribution in [2.24, 2.45) is 0 Å². The lowest BCUT2D eigenvalue weighted by atomic mass is 10.2. The molecule has 1 aromatic rings. The summed E-state index contributed by atoms with van der Waals surface area (Å²) in [5.74, 6) is -0.353. The van der Waals surface area contributed by atoms with Gasteiger partial charge in [0, 0.05) is 6.61 Å². The average molecular weight is 180 g/mol. The third-order valence-electron chi connectivity index (χ3n) is 1.49. The first kappa shape index (κ1) is 9.74. The third kappa shape index (κ3) is 3.25. The van der Waals surface area contributed by atoms with Crippen LogP contribution in [-0.2, 0) is 9.47 Å². The molecular formula is C10H12O3. The predicted octanol–water partition coefficient (Wildman–Crippen LogP) is 1.84. The number of rotatable bonds is 4. The van der Waals surface area contributed by atoms with E-state index in [1.165, 1.54) is 0 Å². The number of carbonyl (C=O) groups is 1. The topological polar surface area (TPSA) is 35.5 Å². The van der Waals surface area contributed by atoms with Gasteiger partial charge in [0.15, 0.2) is 6.79 Å². The largest absolute Gasteiger partial charge is 0.435 e. The maximum absolute atomic E-state index is 11.2. The normalized spacial score (nSPS) is 9.62. The van der Waals surface area contributed by atoms with Crippen molar-refractivity contribution in [3.05, 3.63) is 35.9 Å². The molecule has 13 heavy (non-hydrogen) atoms. The molecule has 0 aromatic heterocycles. The van der Waals surface area contributed by atoms with Gasteiger partial charge in [0.1, 0.15) is 0 Å². The van der Waals surface area contributed by atoms with E-state index in [0.29, 0.717) is 12.2 Å². The molecule has 0 fully saturated rings. The van der Waals surface area contributed by atoms with Crippen molar-refractivity contribution in [3.63, 3.8) is 0 Å². The molecule has 0 unspecified atom stereocenters. The zero-order valence-electron chi connectivity index (χ0n) is 7.53. The van der Waals surface area contributed by atoms with Crippen LogP contribution in [0.15, 0.2) is 30.3 Å². The molecule has 0 bridgehead atoms. The lowest BCUT2D eigenvalue weighted by molar-refractivity contribution is -0.0274. The van der Waals surface area contributed by atoms with Crippen molar-refractivity contribution in [1.82, 2.24) is 0 Å². The van der Waals surface area contributed by atoms with Crippen LogP contribution in [0, 0.1) is 0 Å². The second kappa shape index (κ2) is 5.32. The molecule has 3 nitrogen and oxygen atoms in total. The summed E-state index contributed by atoms with van der Waals surface area (Å²) in [6.45, 7) is 2.41. The molecule has 0 aliphatic rings. The number of esters is 1. The van der Waals surface area contributed by atoms with E-state index in [0.717, 1.165) is 0 Å². The number of benzene rings is 1. The van der Waals surface area contributed by atoms with Crippen LogP contribution in [0.25, 0.3) is 0 Å². The summed E-state index contributed by atoms with van der Waals surface area (Å²) >= 11 is 0. The standard InChI is InChI=1S/C10H12O3/c1-2-12-8-13-10(11)9-6-4-3-5-7-9/h3-7H,2,8H2,1H3. The molecule has 0 atom stereocenters.